The number of halogens is 1. The highest BCUT2D eigenvalue weighted by Gasteiger charge is 2.22. The topological polar surface area (TPSA) is 137 Å². The van der Waals surface area contributed by atoms with E-state index in [2.05, 4.69) is 21.4 Å². The Bertz CT molecular complexity index is 1170. The van der Waals surface area contributed by atoms with E-state index >= 15 is 0 Å². The third-order valence-corrected chi connectivity index (χ3v) is 5.87. The van der Waals surface area contributed by atoms with Crippen LogP contribution in [0.1, 0.15) is 39.2 Å². The lowest BCUT2D eigenvalue weighted by Crippen LogP contribution is -2.32. The van der Waals surface area contributed by atoms with Gasteiger partial charge in [-0.25, -0.2) is 4.52 Å². The number of hydrazone groups is 1. The van der Waals surface area contributed by atoms with Crippen molar-refractivity contribution < 1.29 is 9.84 Å². The highest BCUT2D eigenvalue weighted by atomic mass is 35.5. The van der Waals surface area contributed by atoms with Crippen molar-refractivity contribution in [2.24, 2.45) is 20.9 Å². The highest BCUT2D eigenvalue weighted by Crippen LogP contribution is 2.30. The fourth-order valence-electron chi connectivity index (χ4n) is 3.91. The molecule has 1 saturated heterocycles. The summed E-state index contributed by atoms with van der Waals surface area (Å²) in [6, 6.07) is 1.85. The first-order valence-corrected chi connectivity index (χ1v) is 11.4. The number of rotatable bonds is 8. The number of fused-ring (bicyclic) bond motifs is 1. The molecule has 34 heavy (non-hydrogen) atoms. The molecule has 3 heterocycles. The Kier molecular flexibility index (Phi) is 8.62. The normalized spacial score (nSPS) is 17.4. The summed E-state index contributed by atoms with van der Waals surface area (Å²) in [7, 11) is 0. The van der Waals surface area contributed by atoms with Gasteiger partial charge in [0.05, 0.1) is 35.3 Å². The second-order valence-corrected chi connectivity index (χ2v) is 8.19. The number of aliphatic hydroxyl groups excluding tert-OH is 1. The summed E-state index contributed by atoms with van der Waals surface area (Å²) in [6.45, 7) is 6.55. The SMILES string of the molecule is CC=N/C(=C\C)C(CO)Oc1cc(/C(=N/N)C(C)=NC2CCN(C#N)CC2)cn2ncc(Cl)c12. The van der Waals surface area contributed by atoms with Gasteiger partial charge in [-0.05, 0) is 39.7 Å². The summed E-state index contributed by atoms with van der Waals surface area (Å²) in [6.07, 6.45) is 9.74. The first-order chi connectivity index (χ1) is 16.4. The van der Waals surface area contributed by atoms with E-state index in [1.165, 1.54) is 6.20 Å². The van der Waals surface area contributed by atoms with Crippen molar-refractivity contribution in [1.82, 2.24) is 14.5 Å². The lowest BCUT2D eigenvalue weighted by Gasteiger charge is -2.26. The van der Waals surface area contributed by atoms with Crippen LogP contribution in [0, 0.1) is 11.5 Å². The first kappa shape index (κ1) is 25.2. The highest BCUT2D eigenvalue weighted by molar-refractivity contribution is 6.47. The summed E-state index contributed by atoms with van der Waals surface area (Å²) in [5.74, 6) is 6.19. The Morgan fingerprint density at radius 3 is 2.76 bits per heavy atom. The molecule has 1 unspecified atom stereocenters. The largest absolute Gasteiger partial charge is 0.479 e. The Morgan fingerprint density at radius 1 is 1.44 bits per heavy atom. The van der Waals surface area contributed by atoms with Crippen LogP contribution in [0.25, 0.3) is 5.52 Å². The number of hydrogen-bond donors (Lipinski definition) is 2. The van der Waals surface area contributed by atoms with Gasteiger partial charge in [0.1, 0.15) is 17.0 Å². The molecule has 180 valence electrons. The van der Waals surface area contributed by atoms with E-state index in [1.807, 2.05) is 13.8 Å². The predicted molar refractivity (Wildman–Crippen MR) is 134 cm³/mol. The minimum atomic E-state index is -0.704. The average Bonchev–Trinajstić information content (AvgIpc) is 3.22. The van der Waals surface area contributed by atoms with Crippen LogP contribution in [0.3, 0.4) is 0 Å². The van der Waals surface area contributed by atoms with Crippen molar-refractivity contribution in [1.29, 1.82) is 5.26 Å². The van der Waals surface area contributed by atoms with E-state index < -0.39 is 6.10 Å². The van der Waals surface area contributed by atoms with Crippen molar-refractivity contribution in [3.8, 4) is 11.9 Å². The van der Waals surface area contributed by atoms with E-state index in [-0.39, 0.29) is 12.6 Å². The number of nitriles is 1. The van der Waals surface area contributed by atoms with Gasteiger partial charge in [-0.1, -0.05) is 17.7 Å². The van der Waals surface area contributed by atoms with Crippen LogP contribution in [0.4, 0.5) is 0 Å². The number of nitrogens with two attached hydrogens (primary N) is 1. The zero-order valence-corrected chi connectivity index (χ0v) is 20.3. The van der Waals surface area contributed by atoms with E-state index in [1.54, 1.807) is 40.9 Å². The molecule has 0 bridgehead atoms. The number of aromatic nitrogens is 2. The molecule has 1 aliphatic heterocycles. The molecule has 0 saturated carbocycles. The predicted octanol–water partition coefficient (Wildman–Crippen LogP) is 2.79. The molecule has 3 rings (SSSR count). The van der Waals surface area contributed by atoms with Crippen molar-refractivity contribution in [2.45, 2.75) is 45.8 Å². The number of likely N-dealkylation sites (tertiary alicyclic amines) is 1. The molecule has 0 aliphatic carbocycles. The number of hydrogen-bond acceptors (Lipinski definition) is 9. The Balaban J connectivity index is 1.98. The van der Waals surface area contributed by atoms with Crippen LogP contribution in [0.15, 0.2) is 45.3 Å². The minimum Gasteiger partial charge on any atom is -0.479 e. The minimum absolute atomic E-state index is 0.0860. The molecule has 0 radical (unpaired) electrons. The van der Waals surface area contributed by atoms with Gasteiger partial charge in [0.2, 0.25) is 0 Å². The Labute approximate surface area is 203 Å². The molecule has 2 aromatic heterocycles. The molecule has 1 atom stereocenters. The lowest BCUT2D eigenvalue weighted by molar-refractivity contribution is 0.141. The maximum atomic E-state index is 9.96. The van der Waals surface area contributed by atoms with Crippen LogP contribution in [0.5, 0.6) is 5.75 Å². The molecule has 0 amide bonds. The molecule has 1 aliphatic rings. The number of aliphatic hydroxyl groups is 1. The lowest BCUT2D eigenvalue weighted by atomic mass is 10.0. The Morgan fingerprint density at radius 2 is 2.18 bits per heavy atom. The quantitative estimate of drug-likeness (QED) is 0.256. The molecular weight excluding hydrogens is 456 g/mol. The maximum Gasteiger partial charge on any atom is 0.179 e. The van der Waals surface area contributed by atoms with Gasteiger partial charge in [0.25, 0.3) is 0 Å². The van der Waals surface area contributed by atoms with E-state index in [0.29, 0.717) is 52.1 Å². The standard InChI is InChI=1S/C23H29ClN8O2/c1-4-19(27-5-2)21(13-33)34-20-10-16(12-32-23(20)18(24)11-28-32)22(30-26)15(3)29-17-6-8-31(14-25)9-7-17/h4-5,10-12,17,21,33H,6-9,13,26H2,1-3H3/b19-4-,27-5?,29-15?,30-22+. The van der Waals surface area contributed by atoms with Crippen LogP contribution in [-0.2, 0) is 0 Å². The zero-order valence-electron chi connectivity index (χ0n) is 19.5. The number of pyridine rings is 1. The number of aliphatic imine (C=N–C) groups is 2. The van der Waals surface area contributed by atoms with E-state index in [9.17, 15) is 5.11 Å². The second kappa shape index (κ2) is 11.6. The van der Waals surface area contributed by atoms with E-state index in [0.717, 1.165) is 12.8 Å². The smallest absolute Gasteiger partial charge is 0.179 e. The molecule has 3 N–H and O–H groups in total. The fraction of sp³-hybridized carbons (Fsp3) is 0.435. The molecule has 0 aromatic carbocycles. The van der Waals surface area contributed by atoms with Crippen molar-refractivity contribution in [2.75, 3.05) is 19.7 Å². The second-order valence-electron chi connectivity index (χ2n) is 7.78. The summed E-state index contributed by atoms with van der Waals surface area (Å²) < 4.78 is 7.75. The third kappa shape index (κ3) is 5.55. The van der Waals surface area contributed by atoms with Gasteiger partial charge >= 0.3 is 0 Å². The molecule has 2 aromatic rings. The first-order valence-electron chi connectivity index (χ1n) is 11.0. The number of piperidine rings is 1. The summed E-state index contributed by atoms with van der Waals surface area (Å²) in [5.41, 5.74) is 2.93. The number of nitrogens with zero attached hydrogens (tertiary/aromatic N) is 7. The van der Waals surface area contributed by atoms with Crippen LogP contribution in [0.2, 0.25) is 5.02 Å². The van der Waals surface area contributed by atoms with Crippen molar-refractivity contribution in [3.05, 3.63) is 40.8 Å². The van der Waals surface area contributed by atoms with Gasteiger partial charge in [0.15, 0.2) is 12.3 Å². The van der Waals surface area contributed by atoms with Gasteiger partial charge in [-0.3, -0.25) is 9.98 Å². The zero-order chi connectivity index (χ0) is 24.7. The summed E-state index contributed by atoms with van der Waals surface area (Å²) in [5, 5.41) is 27.7. The summed E-state index contributed by atoms with van der Waals surface area (Å²) >= 11 is 6.38. The number of allylic oxidation sites excluding steroid dienone is 1. The Hall–Kier alpha value is -3.42. The average molecular weight is 485 g/mol. The van der Waals surface area contributed by atoms with Gasteiger partial charge < -0.3 is 20.6 Å². The van der Waals surface area contributed by atoms with Crippen molar-refractivity contribution in [3.63, 3.8) is 0 Å². The molecule has 11 heteroatoms. The van der Waals surface area contributed by atoms with Crippen LogP contribution >= 0.6 is 11.6 Å². The van der Waals surface area contributed by atoms with Gasteiger partial charge in [-0.2, -0.15) is 15.5 Å². The molecule has 1 fully saturated rings. The number of ether oxygens (including phenoxy) is 1. The third-order valence-electron chi connectivity index (χ3n) is 5.60. The molecular formula is C23H29ClN8O2. The maximum absolute atomic E-state index is 9.96. The van der Waals surface area contributed by atoms with Crippen LogP contribution in [-0.4, -0.2) is 69.1 Å². The summed E-state index contributed by atoms with van der Waals surface area (Å²) in [4.78, 5) is 10.8. The molecule has 0 spiro atoms. The van der Waals surface area contributed by atoms with E-state index in [4.69, 9.17) is 32.4 Å². The molecule has 10 nitrogen and oxygen atoms in total. The monoisotopic (exact) mass is 484 g/mol. The van der Waals surface area contributed by atoms with Gasteiger partial charge in [-0.15, -0.1) is 0 Å². The van der Waals surface area contributed by atoms with Crippen LogP contribution < -0.4 is 10.6 Å². The van der Waals surface area contributed by atoms with Gasteiger partial charge in [0, 0.05) is 31.1 Å². The fourth-order valence-corrected chi connectivity index (χ4v) is 4.13. The van der Waals surface area contributed by atoms with Crippen molar-refractivity contribution >= 4 is 34.8 Å².